The summed E-state index contributed by atoms with van der Waals surface area (Å²) in [5.74, 6) is 1.03. The summed E-state index contributed by atoms with van der Waals surface area (Å²) in [5.41, 5.74) is 8.78. The van der Waals surface area contributed by atoms with Crippen LogP contribution in [-0.2, 0) is 10.8 Å². The van der Waals surface area contributed by atoms with Crippen LogP contribution in [0.25, 0.3) is 50.3 Å². The summed E-state index contributed by atoms with van der Waals surface area (Å²) in [6, 6.07) is 30.0. The van der Waals surface area contributed by atoms with Gasteiger partial charge >= 0.3 is 0 Å². The Labute approximate surface area is 224 Å². The molecule has 6 rings (SSSR count). The fourth-order valence-corrected chi connectivity index (χ4v) is 5.08. The van der Waals surface area contributed by atoms with Gasteiger partial charge in [0, 0.05) is 39.2 Å². The molecule has 38 heavy (non-hydrogen) atoms. The van der Waals surface area contributed by atoms with E-state index in [9.17, 15) is 0 Å². The van der Waals surface area contributed by atoms with E-state index in [1.165, 1.54) is 16.6 Å². The number of pyridine rings is 2. The Balaban J connectivity index is 1.59. The molecule has 0 amide bonds. The van der Waals surface area contributed by atoms with E-state index in [1.807, 2.05) is 24.4 Å². The third kappa shape index (κ3) is 4.20. The molecule has 0 atom stereocenters. The molecule has 0 saturated carbocycles. The van der Waals surface area contributed by atoms with E-state index in [1.54, 1.807) is 0 Å². The van der Waals surface area contributed by atoms with E-state index in [4.69, 9.17) is 4.98 Å². The number of H-pyrrole nitrogens is 1. The zero-order valence-electron chi connectivity index (χ0n) is 23.0. The second kappa shape index (κ2) is 8.70. The van der Waals surface area contributed by atoms with Crippen LogP contribution in [0.5, 0.6) is 0 Å². The highest BCUT2D eigenvalue weighted by atomic mass is 15.1. The van der Waals surface area contributed by atoms with Gasteiger partial charge in [-0.15, -0.1) is 0 Å². The molecule has 0 bridgehead atoms. The van der Waals surface area contributed by atoms with Gasteiger partial charge in [0.15, 0.2) is 0 Å². The van der Waals surface area contributed by atoms with Crippen LogP contribution in [0.2, 0.25) is 0 Å². The number of nitrogens with zero attached hydrogens (tertiary/aromatic N) is 3. The minimum atomic E-state index is 0.0287. The van der Waals surface area contributed by atoms with Gasteiger partial charge < -0.3 is 4.98 Å². The van der Waals surface area contributed by atoms with Gasteiger partial charge in [-0.3, -0.25) is 9.55 Å². The van der Waals surface area contributed by atoms with Crippen molar-refractivity contribution in [2.45, 2.75) is 52.4 Å². The number of hydrogen-bond acceptors (Lipinski definition) is 2. The predicted octanol–water partition coefficient (Wildman–Crippen LogP) is 8.83. The third-order valence-electron chi connectivity index (χ3n) is 7.32. The van der Waals surface area contributed by atoms with E-state index in [-0.39, 0.29) is 10.8 Å². The first-order chi connectivity index (χ1) is 18.1. The fourth-order valence-electron chi connectivity index (χ4n) is 5.08. The summed E-state index contributed by atoms with van der Waals surface area (Å²) in [4.78, 5) is 13.5. The van der Waals surface area contributed by atoms with Crippen molar-refractivity contribution in [3.63, 3.8) is 0 Å². The topological polar surface area (TPSA) is 46.5 Å². The first kappa shape index (κ1) is 24.2. The molecule has 0 aliphatic carbocycles. The van der Waals surface area contributed by atoms with Gasteiger partial charge in [0.1, 0.15) is 11.5 Å². The first-order valence-electron chi connectivity index (χ1n) is 13.3. The highest BCUT2D eigenvalue weighted by molar-refractivity contribution is 6.08. The average Bonchev–Trinajstić information content (AvgIpc) is 3.51. The normalized spacial score (nSPS) is 12.5. The first-order valence-corrected chi connectivity index (χ1v) is 13.3. The van der Waals surface area contributed by atoms with Crippen LogP contribution in [0.3, 0.4) is 0 Å². The number of nitrogens with one attached hydrogen (secondary N) is 1. The molecule has 4 heteroatoms. The molecule has 190 valence electrons. The van der Waals surface area contributed by atoms with E-state index in [2.05, 4.69) is 123 Å². The number of rotatable bonds is 3. The maximum absolute atomic E-state index is 5.28. The SMILES string of the molecule is CC(C)(C)c1ccc2c(c1)c1ccc(-c3cccc(-c4ccccn4)c3)nc1n2-c1ccc(C(C)(C)C)[nH]1. The Morgan fingerprint density at radius 1 is 0.658 bits per heavy atom. The number of aromatic amines is 1. The summed E-state index contributed by atoms with van der Waals surface area (Å²) >= 11 is 0. The lowest BCUT2D eigenvalue weighted by atomic mass is 9.86. The van der Waals surface area contributed by atoms with Crippen molar-refractivity contribution < 1.29 is 0 Å². The predicted molar refractivity (Wildman–Crippen MR) is 159 cm³/mol. The van der Waals surface area contributed by atoms with Crippen molar-refractivity contribution in [2.24, 2.45) is 0 Å². The van der Waals surface area contributed by atoms with E-state index < -0.39 is 0 Å². The molecule has 4 nitrogen and oxygen atoms in total. The summed E-state index contributed by atoms with van der Waals surface area (Å²) in [6.07, 6.45) is 1.83. The minimum absolute atomic E-state index is 0.0287. The van der Waals surface area contributed by atoms with Gasteiger partial charge in [0.2, 0.25) is 0 Å². The third-order valence-corrected chi connectivity index (χ3v) is 7.32. The minimum Gasteiger partial charge on any atom is -0.344 e. The van der Waals surface area contributed by atoms with Gasteiger partial charge in [-0.25, -0.2) is 4.98 Å². The lowest BCUT2D eigenvalue weighted by Crippen LogP contribution is -2.12. The fraction of sp³-hybridized carbons (Fsp3) is 0.235. The molecule has 1 N–H and O–H groups in total. The summed E-state index contributed by atoms with van der Waals surface area (Å²) in [5, 5.41) is 2.38. The Morgan fingerprint density at radius 3 is 2.13 bits per heavy atom. The molecule has 4 aromatic heterocycles. The average molecular weight is 499 g/mol. The van der Waals surface area contributed by atoms with Crippen LogP contribution >= 0.6 is 0 Å². The zero-order valence-corrected chi connectivity index (χ0v) is 23.0. The summed E-state index contributed by atoms with van der Waals surface area (Å²) in [7, 11) is 0. The van der Waals surface area contributed by atoms with Crippen LogP contribution in [-0.4, -0.2) is 19.5 Å². The Morgan fingerprint density at radius 2 is 1.45 bits per heavy atom. The maximum Gasteiger partial charge on any atom is 0.147 e. The number of aromatic nitrogens is 4. The quantitative estimate of drug-likeness (QED) is 0.265. The Bertz CT molecular complexity index is 1770. The highest BCUT2D eigenvalue weighted by Gasteiger charge is 2.21. The zero-order chi connectivity index (χ0) is 26.7. The van der Waals surface area contributed by atoms with Gasteiger partial charge in [-0.2, -0.15) is 0 Å². The number of fused-ring (bicyclic) bond motifs is 3. The van der Waals surface area contributed by atoms with Gasteiger partial charge in [-0.1, -0.05) is 71.9 Å². The van der Waals surface area contributed by atoms with E-state index >= 15 is 0 Å². The van der Waals surface area contributed by atoms with Crippen molar-refractivity contribution in [1.29, 1.82) is 0 Å². The van der Waals surface area contributed by atoms with Crippen molar-refractivity contribution in [3.8, 4) is 28.3 Å². The molecule has 6 aromatic rings. The molecule has 0 unspecified atom stereocenters. The highest BCUT2D eigenvalue weighted by Crippen LogP contribution is 2.36. The van der Waals surface area contributed by atoms with E-state index in [0.29, 0.717) is 0 Å². The smallest absolute Gasteiger partial charge is 0.147 e. The van der Waals surface area contributed by atoms with Crippen LogP contribution in [0.15, 0.2) is 91.1 Å². The molecule has 2 aromatic carbocycles. The number of benzene rings is 2. The molecule has 0 aliphatic heterocycles. The van der Waals surface area contributed by atoms with Crippen LogP contribution < -0.4 is 0 Å². The van der Waals surface area contributed by atoms with Crippen molar-refractivity contribution >= 4 is 21.9 Å². The van der Waals surface area contributed by atoms with Crippen LogP contribution in [0.1, 0.15) is 52.8 Å². The van der Waals surface area contributed by atoms with Gasteiger partial charge in [-0.05, 0) is 65.6 Å². The van der Waals surface area contributed by atoms with Gasteiger partial charge in [0.05, 0.1) is 16.9 Å². The van der Waals surface area contributed by atoms with Crippen molar-refractivity contribution in [2.75, 3.05) is 0 Å². The van der Waals surface area contributed by atoms with Crippen LogP contribution in [0.4, 0.5) is 0 Å². The lowest BCUT2D eigenvalue weighted by molar-refractivity contribution is 0.572. The lowest BCUT2D eigenvalue weighted by Gasteiger charge is -2.19. The van der Waals surface area contributed by atoms with Gasteiger partial charge in [0.25, 0.3) is 0 Å². The standard InChI is InChI=1S/C34H34N4/c1-33(2,3)24-13-16-29-26(21-24)25-14-15-28(23-11-9-10-22(20-23)27-12-7-8-19-35-27)36-32(25)38(29)31-18-17-30(37-31)34(4,5)6/h7-21,37H,1-6H3. The Hall–Kier alpha value is -4.18. The van der Waals surface area contributed by atoms with Crippen molar-refractivity contribution in [1.82, 2.24) is 19.5 Å². The maximum atomic E-state index is 5.28. The van der Waals surface area contributed by atoms with Crippen LogP contribution in [0, 0.1) is 0 Å². The number of hydrogen-bond donors (Lipinski definition) is 1. The molecule has 0 radical (unpaired) electrons. The van der Waals surface area contributed by atoms with Crippen molar-refractivity contribution in [3.05, 3.63) is 102 Å². The monoisotopic (exact) mass is 498 g/mol. The second-order valence-corrected chi connectivity index (χ2v) is 12.2. The summed E-state index contributed by atoms with van der Waals surface area (Å²) in [6.45, 7) is 13.5. The largest absolute Gasteiger partial charge is 0.344 e. The molecule has 0 saturated heterocycles. The van der Waals surface area contributed by atoms with E-state index in [0.717, 1.165) is 44.9 Å². The molecule has 0 spiro atoms. The molecular weight excluding hydrogens is 464 g/mol. The second-order valence-electron chi connectivity index (χ2n) is 12.2. The molecule has 0 fully saturated rings. The molecular formula is C34H34N4. The summed E-state index contributed by atoms with van der Waals surface area (Å²) < 4.78 is 2.28. The molecule has 0 aliphatic rings. The Kier molecular flexibility index (Phi) is 5.53. The molecule has 4 heterocycles.